The molecule has 1 aromatic heterocycles. The Morgan fingerprint density at radius 3 is 2.59 bits per heavy atom. The summed E-state index contributed by atoms with van der Waals surface area (Å²) in [6, 6.07) is 6.60. The number of carbonyl (C=O) groups excluding carboxylic acids is 1. The van der Waals surface area contributed by atoms with Crippen LogP contribution in [0.4, 0.5) is 5.69 Å². The van der Waals surface area contributed by atoms with E-state index in [1.54, 1.807) is 24.3 Å². The fourth-order valence-corrected chi connectivity index (χ4v) is 6.23. The number of esters is 1. The molecule has 0 amide bonds. The van der Waals surface area contributed by atoms with Crippen molar-refractivity contribution in [2.45, 2.75) is 29.7 Å². The first-order chi connectivity index (χ1) is 16.2. The minimum Gasteiger partial charge on any atom is -0.459 e. The fraction of sp³-hybridized carbons (Fsp3) is 0.524. The molecule has 0 aliphatic heterocycles. The SMILES string of the molecule is CS(=O)(=O)N(NCCSc1ncc(C(=O)OCCO)s1)c1ccc(C(O)C2(CO)CCC2)cc1. The van der Waals surface area contributed by atoms with Crippen LogP contribution >= 0.6 is 23.1 Å². The molecular formula is C21H29N3O7S3. The Hall–Kier alpha value is -1.74. The minimum absolute atomic E-state index is 0.0767. The average Bonchev–Trinajstić information content (AvgIpc) is 3.25. The summed E-state index contributed by atoms with van der Waals surface area (Å²) in [5.41, 5.74) is 3.42. The van der Waals surface area contributed by atoms with Gasteiger partial charge >= 0.3 is 5.97 Å². The monoisotopic (exact) mass is 531 g/mol. The second-order valence-electron chi connectivity index (χ2n) is 8.00. The number of nitrogens with zero attached hydrogens (tertiary/aromatic N) is 2. The van der Waals surface area contributed by atoms with Crippen molar-refractivity contribution in [1.29, 1.82) is 0 Å². The number of aliphatic hydroxyl groups excluding tert-OH is 3. The maximum atomic E-state index is 12.3. The summed E-state index contributed by atoms with van der Waals surface area (Å²) in [7, 11) is -3.62. The summed E-state index contributed by atoms with van der Waals surface area (Å²) in [5.74, 6) is -0.0592. The molecule has 4 N–H and O–H groups in total. The Balaban J connectivity index is 1.57. The van der Waals surface area contributed by atoms with Crippen molar-refractivity contribution in [2.75, 3.05) is 42.8 Å². The van der Waals surface area contributed by atoms with Crippen LogP contribution in [0.1, 0.15) is 40.6 Å². The van der Waals surface area contributed by atoms with Gasteiger partial charge in [0.05, 0.1) is 37.5 Å². The van der Waals surface area contributed by atoms with Crippen LogP contribution in [0.3, 0.4) is 0 Å². The summed E-state index contributed by atoms with van der Waals surface area (Å²) in [5, 5.41) is 29.1. The predicted molar refractivity (Wildman–Crippen MR) is 130 cm³/mol. The van der Waals surface area contributed by atoms with Gasteiger partial charge in [0.15, 0.2) is 4.34 Å². The largest absolute Gasteiger partial charge is 0.459 e. The average molecular weight is 532 g/mol. The number of thioether (sulfide) groups is 1. The van der Waals surface area contributed by atoms with Crippen molar-refractivity contribution in [3.05, 3.63) is 40.9 Å². The first kappa shape index (κ1) is 26.9. The van der Waals surface area contributed by atoms with Gasteiger partial charge in [-0.3, -0.25) is 0 Å². The summed E-state index contributed by atoms with van der Waals surface area (Å²) in [4.78, 5) is 16.3. The van der Waals surface area contributed by atoms with Crippen LogP contribution in [-0.2, 0) is 14.8 Å². The Kier molecular flexibility index (Phi) is 9.32. The number of sulfonamides is 1. The highest BCUT2D eigenvalue weighted by Crippen LogP contribution is 2.49. The van der Waals surface area contributed by atoms with E-state index in [4.69, 9.17) is 9.84 Å². The van der Waals surface area contributed by atoms with Gasteiger partial charge in [0.2, 0.25) is 10.0 Å². The summed E-state index contributed by atoms with van der Waals surface area (Å²) >= 11 is 2.52. The molecule has 2 aromatic rings. The number of rotatable bonds is 13. The molecule has 1 saturated carbocycles. The number of ether oxygens (including phenoxy) is 1. The van der Waals surface area contributed by atoms with Gasteiger partial charge in [-0.15, -0.1) is 11.3 Å². The number of hydrazine groups is 1. The molecule has 34 heavy (non-hydrogen) atoms. The van der Waals surface area contributed by atoms with Gasteiger partial charge in [0.25, 0.3) is 0 Å². The van der Waals surface area contributed by atoms with Crippen LogP contribution < -0.4 is 9.84 Å². The van der Waals surface area contributed by atoms with E-state index < -0.39 is 27.5 Å². The zero-order valence-corrected chi connectivity index (χ0v) is 21.2. The number of nitrogens with one attached hydrogen (secondary N) is 1. The first-order valence-corrected chi connectivity index (χ1v) is 14.3. The Morgan fingerprint density at radius 2 is 2.03 bits per heavy atom. The molecular weight excluding hydrogens is 502 g/mol. The van der Waals surface area contributed by atoms with E-state index in [1.165, 1.54) is 18.0 Å². The molecule has 0 radical (unpaired) electrons. The Bertz CT molecular complexity index is 1050. The number of hydrogen-bond acceptors (Lipinski definition) is 11. The van der Waals surface area contributed by atoms with E-state index in [0.717, 1.165) is 41.3 Å². The maximum absolute atomic E-state index is 12.3. The second kappa shape index (κ2) is 11.8. The third kappa shape index (κ3) is 6.47. The van der Waals surface area contributed by atoms with Crippen LogP contribution in [0, 0.1) is 5.41 Å². The highest BCUT2D eigenvalue weighted by Gasteiger charge is 2.43. The van der Waals surface area contributed by atoms with Crippen molar-refractivity contribution in [3.8, 4) is 0 Å². The molecule has 1 heterocycles. The van der Waals surface area contributed by atoms with Crippen molar-refractivity contribution in [3.63, 3.8) is 0 Å². The summed E-state index contributed by atoms with van der Waals surface area (Å²) in [6.45, 7) is -0.108. The lowest BCUT2D eigenvalue weighted by Gasteiger charge is -2.44. The van der Waals surface area contributed by atoms with Crippen LogP contribution in [0.15, 0.2) is 34.8 Å². The maximum Gasteiger partial charge on any atom is 0.350 e. The number of aromatic nitrogens is 1. The molecule has 3 rings (SSSR count). The zero-order chi connectivity index (χ0) is 24.8. The van der Waals surface area contributed by atoms with E-state index in [1.807, 2.05) is 0 Å². The minimum atomic E-state index is -3.62. The fourth-order valence-electron chi connectivity index (χ4n) is 3.61. The number of aliphatic hydroxyl groups is 3. The van der Waals surface area contributed by atoms with E-state index in [0.29, 0.717) is 32.8 Å². The third-order valence-corrected chi connectivity index (χ3v) is 8.75. The van der Waals surface area contributed by atoms with E-state index in [9.17, 15) is 23.4 Å². The van der Waals surface area contributed by atoms with Gasteiger partial charge in [0, 0.05) is 17.7 Å². The van der Waals surface area contributed by atoms with Crippen molar-refractivity contribution >= 4 is 44.8 Å². The number of benzene rings is 1. The molecule has 1 aliphatic rings. The summed E-state index contributed by atoms with van der Waals surface area (Å²) < 4.78 is 31.2. The van der Waals surface area contributed by atoms with Crippen LogP contribution in [0.25, 0.3) is 0 Å². The lowest BCUT2D eigenvalue weighted by atomic mass is 9.64. The molecule has 1 atom stereocenters. The molecule has 1 unspecified atom stereocenters. The molecule has 10 nitrogen and oxygen atoms in total. The Morgan fingerprint density at radius 1 is 1.32 bits per heavy atom. The second-order valence-corrected chi connectivity index (χ2v) is 12.2. The zero-order valence-electron chi connectivity index (χ0n) is 18.7. The van der Waals surface area contributed by atoms with Gasteiger partial charge in [0.1, 0.15) is 11.5 Å². The molecule has 0 saturated heterocycles. The molecule has 188 valence electrons. The van der Waals surface area contributed by atoms with Crippen LogP contribution in [-0.4, -0.2) is 73.1 Å². The third-order valence-electron chi connectivity index (χ3n) is 5.61. The molecule has 1 fully saturated rings. The van der Waals surface area contributed by atoms with Crippen molar-refractivity contribution < 1.29 is 33.3 Å². The lowest BCUT2D eigenvalue weighted by molar-refractivity contribution is -0.0734. The number of carbonyl (C=O) groups is 1. The molecule has 1 aliphatic carbocycles. The number of hydrogen-bond donors (Lipinski definition) is 4. The normalized spacial score (nSPS) is 16.0. The smallest absolute Gasteiger partial charge is 0.350 e. The van der Waals surface area contributed by atoms with Gasteiger partial charge < -0.3 is 20.1 Å². The topological polar surface area (TPSA) is 149 Å². The predicted octanol–water partition coefficient (Wildman–Crippen LogP) is 1.55. The van der Waals surface area contributed by atoms with Gasteiger partial charge in [-0.2, -0.15) is 0 Å². The lowest BCUT2D eigenvalue weighted by Crippen LogP contribution is -2.43. The van der Waals surface area contributed by atoms with Crippen molar-refractivity contribution in [1.82, 2.24) is 10.4 Å². The van der Waals surface area contributed by atoms with Crippen LogP contribution in [0.2, 0.25) is 0 Å². The van der Waals surface area contributed by atoms with E-state index in [-0.39, 0.29) is 19.8 Å². The van der Waals surface area contributed by atoms with Crippen molar-refractivity contribution in [2.24, 2.45) is 5.41 Å². The molecule has 0 spiro atoms. The van der Waals surface area contributed by atoms with Crippen LogP contribution in [0.5, 0.6) is 0 Å². The Labute approximate surface area is 207 Å². The molecule has 1 aromatic carbocycles. The quantitative estimate of drug-likeness (QED) is 0.130. The first-order valence-electron chi connectivity index (χ1n) is 10.7. The van der Waals surface area contributed by atoms with Gasteiger partial charge in [-0.1, -0.05) is 30.3 Å². The van der Waals surface area contributed by atoms with Gasteiger partial charge in [-0.25, -0.2) is 28.0 Å². The highest BCUT2D eigenvalue weighted by molar-refractivity contribution is 8.01. The van der Waals surface area contributed by atoms with Gasteiger partial charge in [-0.05, 0) is 30.5 Å². The van der Waals surface area contributed by atoms with E-state index in [2.05, 4.69) is 10.4 Å². The van der Waals surface area contributed by atoms with E-state index >= 15 is 0 Å². The highest BCUT2D eigenvalue weighted by atomic mass is 32.2. The number of anilines is 1. The molecule has 0 bridgehead atoms. The number of thiazole rings is 1. The molecule has 13 heteroatoms. The standard InChI is InChI=1S/C21H29N3O7S3/c1-34(29,30)24(16-5-3-15(4-6-16)18(27)21(14-26)7-2-8-21)23-9-12-32-20-22-13-17(33-20)19(28)31-11-10-25/h3-6,13,18,23,25-27H,2,7-12,14H2,1H3. The summed E-state index contributed by atoms with van der Waals surface area (Å²) in [6.07, 6.45) is 4.17.